The van der Waals surface area contributed by atoms with Gasteiger partial charge in [0.2, 0.25) is 0 Å². The number of aromatic hydroxyl groups is 1. The van der Waals surface area contributed by atoms with Crippen LogP contribution in [-0.2, 0) is 35.0 Å². The van der Waals surface area contributed by atoms with Crippen LogP contribution < -0.4 is 0 Å². The van der Waals surface area contributed by atoms with Gasteiger partial charge in [0.1, 0.15) is 42.9 Å². The third-order valence-corrected chi connectivity index (χ3v) is 8.87. The maximum atomic E-state index is 12.3. The van der Waals surface area contributed by atoms with E-state index in [2.05, 4.69) is 13.2 Å². The van der Waals surface area contributed by atoms with Crippen LogP contribution in [0.15, 0.2) is 48.6 Å². The van der Waals surface area contributed by atoms with Crippen LogP contribution in [0, 0.1) is 17.8 Å². The Morgan fingerprint density at radius 1 is 1.12 bits per heavy atom. The van der Waals surface area contributed by atoms with Crippen molar-refractivity contribution >= 4 is 11.9 Å². The number of hydrogen-bond donors (Lipinski definition) is 5. The van der Waals surface area contributed by atoms with Crippen molar-refractivity contribution < 1.29 is 54.1 Å². The molecular weight excluding hydrogens is 524 g/mol. The van der Waals surface area contributed by atoms with Crippen molar-refractivity contribution in [1.29, 1.82) is 0 Å². The first-order valence-electron chi connectivity index (χ1n) is 13.5. The minimum atomic E-state index is -1.65. The zero-order valence-corrected chi connectivity index (χ0v) is 22.2. The van der Waals surface area contributed by atoms with Crippen LogP contribution in [0.25, 0.3) is 0 Å². The van der Waals surface area contributed by atoms with Gasteiger partial charge in [-0.05, 0) is 49.5 Å². The average Bonchev–Trinajstić information content (AvgIpc) is 3.35. The number of fused-ring (bicyclic) bond motifs is 3. The second-order valence-corrected chi connectivity index (χ2v) is 11.5. The number of phenols is 1. The topological polar surface area (TPSA) is 172 Å². The largest absolute Gasteiger partial charge is 0.508 e. The molecule has 2 aliphatic heterocycles. The third-order valence-electron chi connectivity index (χ3n) is 8.87. The maximum absolute atomic E-state index is 12.3. The van der Waals surface area contributed by atoms with Gasteiger partial charge in [-0.1, -0.05) is 25.3 Å². The molecule has 2 saturated heterocycles. The lowest BCUT2D eigenvalue weighted by molar-refractivity contribution is -0.308. The number of hydrogen-bond acceptors (Lipinski definition) is 11. The van der Waals surface area contributed by atoms with Crippen molar-refractivity contribution in [3.63, 3.8) is 0 Å². The number of rotatable bonds is 6. The molecule has 2 saturated carbocycles. The summed E-state index contributed by atoms with van der Waals surface area (Å²) >= 11 is 0. The molecule has 5 rings (SSSR count). The second-order valence-electron chi connectivity index (χ2n) is 11.5. The molecule has 11 atom stereocenters. The molecule has 5 N–H and O–H groups in total. The maximum Gasteiger partial charge on any atom is 0.334 e. The normalized spacial score (nSPS) is 41.2. The van der Waals surface area contributed by atoms with E-state index < -0.39 is 73.0 Å². The highest BCUT2D eigenvalue weighted by Gasteiger charge is 2.58. The Morgan fingerprint density at radius 3 is 2.52 bits per heavy atom. The Labute approximate surface area is 231 Å². The van der Waals surface area contributed by atoms with E-state index in [4.69, 9.17) is 18.9 Å². The molecule has 0 aromatic heterocycles. The van der Waals surface area contributed by atoms with Crippen molar-refractivity contribution in [3.8, 4) is 5.75 Å². The van der Waals surface area contributed by atoms with Crippen LogP contribution in [-0.4, -0.2) is 92.6 Å². The summed E-state index contributed by atoms with van der Waals surface area (Å²) in [5, 5.41) is 52.3. The predicted molar refractivity (Wildman–Crippen MR) is 137 cm³/mol. The Kier molecular flexibility index (Phi) is 7.81. The van der Waals surface area contributed by atoms with Gasteiger partial charge in [-0.15, -0.1) is 0 Å². The third kappa shape index (κ3) is 5.29. The zero-order chi connectivity index (χ0) is 28.9. The highest BCUT2D eigenvalue weighted by atomic mass is 16.7. The summed E-state index contributed by atoms with van der Waals surface area (Å²) in [6, 6.07) is 6.03. The summed E-state index contributed by atoms with van der Waals surface area (Å²) in [6.07, 6.45) is -7.47. The van der Waals surface area contributed by atoms with Crippen molar-refractivity contribution in [2.75, 3.05) is 6.61 Å². The van der Waals surface area contributed by atoms with Crippen molar-refractivity contribution in [2.24, 2.45) is 17.8 Å². The quantitative estimate of drug-likeness (QED) is 0.186. The summed E-state index contributed by atoms with van der Waals surface area (Å²) < 4.78 is 22.8. The second kappa shape index (κ2) is 10.9. The molecule has 4 fully saturated rings. The lowest BCUT2D eigenvalue weighted by atomic mass is 9.78. The van der Waals surface area contributed by atoms with Gasteiger partial charge in [0.15, 0.2) is 6.29 Å². The van der Waals surface area contributed by atoms with Crippen LogP contribution >= 0.6 is 0 Å². The molecule has 0 radical (unpaired) electrons. The van der Waals surface area contributed by atoms with E-state index in [0.29, 0.717) is 36.0 Å². The molecule has 0 spiro atoms. The standard InChI is InChI=1S/C29H36O11/c1-13-17-8-9-29(3,36)18-11-19(14(2)22(18)26(17)40-27(13)35)38-28-25(34)24(33)23(32)20(39-28)12-37-21(31)10-15-4-6-16(30)7-5-15/h4-7,17-20,22-26,28,30,32-34,36H,1-2,8-12H2,3H3/t17-,18+,19-,20+,22-,23+,24-,25+,26-,28+,29+/m0/s1. The zero-order valence-electron chi connectivity index (χ0n) is 22.2. The number of benzene rings is 1. The molecule has 2 aliphatic carbocycles. The SMILES string of the molecule is C=C1[C@@H]2[C@H]3OC(=O)C(=C)[C@@H]3CC[C@@](C)(O)[C@@H]2C[C@@H]1O[C@@H]1O[C@H](COC(=O)Cc2ccc(O)cc2)[C@@H](O)[C@H](O)[C@H]1O. The Morgan fingerprint density at radius 2 is 1.82 bits per heavy atom. The molecule has 1 aromatic carbocycles. The number of carbonyl (C=O) groups is 2. The highest BCUT2D eigenvalue weighted by molar-refractivity contribution is 5.91. The van der Waals surface area contributed by atoms with E-state index in [1.807, 2.05) is 0 Å². The smallest absolute Gasteiger partial charge is 0.334 e. The monoisotopic (exact) mass is 560 g/mol. The van der Waals surface area contributed by atoms with Gasteiger partial charge in [-0.25, -0.2) is 4.79 Å². The summed E-state index contributed by atoms with van der Waals surface area (Å²) in [6.45, 7) is 9.41. The molecule has 0 amide bonds. The van der Waals surface area contributed by atoms with Crippen LogP contribution in [0.1, 0.15) is 31.7 Å². The predicted octanol–water partition coefficient (Wildman–Crippen LogP) is 0.506. The lowest BCUT2D eigenvalue weighted by Crippen LogP contribution is -2.60. The lowest BCUT2D eigenvalue weighted by Gasteiger charge is -2.41. The minimum Gasteiger partial charge on any atom is -0.508 e. The van der Waals surface area contributed by atoms with E-state index >= 15 is 0 Å². The average molecular weight is 561 g/mol. The number of aliphatic hydroxyl groups is 4. The summed E-state index contributed by atoms with van der Waals surface area (Å²) in [5.74, 6) is -2.03. The fraction of sp³-hybridized carbons (Fsp3) is 0.586. The molecular formula is C29H36O11. The fourth-order valence-electron chi connectivity index (χ4n) is 6.49. The Balaban J connectivity index is 1.25. The van der Waals surface area contributed by atoms with E-state index in [1.54, 1.807) is 19.1 Å². The van der Waals surface area contributed by atoms with Crippen molar-refractivity contribution in [3.05, 3.63) is 54.1 Å². The van der Waals surface area contributed by atoms with Crippen LogP contribution in [0.3, 0.4) is 0 Å². The summed E-state index contributed by atoms with van der Waals surface area (Å²) in [5.41, 5.74) is 0.456. The number of phenolic OH excluding ortho intramolecular Hbond substituents is 1. The van der Waals surface area contributed by atoms with Gasteiger partial charge in [0.25, 0.3) is 0 Å². The van der Waals surface area contributed by atoms with Crippen LogP contribution in [0.5, 0.6) is 5.75 Å². The molecule has 11 nitrogen and oxygen atoms in total. The van der Waals surface area contributed by atoms with E-state index in [9.17, 15) is 35.1 Å². The molecule has 0 unspecified atom stereocenters. The van der Waals surface area contributed by atoms with Crippen LogP contribution in [0.4, 0.5) is 0 Å². The van der Waals surface area contributed by atoms with Gasteiger partial charge in [0.05, 0.1) is 18.1 Å². The fourth-order valence-corrected chi connectivity index (χ4v) is 6.49. The molecule has 218 valence electrons. The van der Waals surface area contributed by atoms with Gasteiger partial charge < -0.3 is 44.5 Å². The summed E-state index contributed by atoms with van der Waals surface area (Å²) in [4.78, 5) is 24.6. The molecule has 0 bridgehead atoms. The van der Waals surface area contributed by atoms with Crippen molar-refractivity contribution in [1.82, 2.24) is 0 Å². The number of esters is 2. The number of ether oxygens (including phenoxy) is 4. The number of carbonyl (C=O) groups excluding carboxylic acids is 2. The van der Waals surface area contributed by atoms with Gasteiger partial charge >= 0.3 is 11.9 Å². The van der Waals surface area contributed by atoms with Gasteiger partial charge in [-0.3, -0.25) is 4.79 Å². The first-order chi connectivity index (χ1) is 18.9. The molecule has 2 heterocycles. The summed E-state index contributed by atoms with van der Waals surface area (Å²) in [7, 11) is 0. The Hall–Kier alpha value is -2.80. The van der Waals surface area contributed by atoms with Gasteiger partial charge in [-0.2, -0.15) is 0 Å². The Bertz CT molecular complexity index is 1160. The molecule has 1 aromatic rings. The van der Waals surface area contributed by atoms with Crippen LogP contribution in [0.2, 0.25) is 0 Å². The van der Waals surface area contributed by atoms with Crippen molar-refractivity contribution in [2.45, 2.75) is 81.1 Å². The molecule has 40 heavy (non-hydrogen) atoms. The minimum absolute atomic E-state index is 0.0623. The van der Waals surface area contributed by atoms with Gasteiger partial charge in [0, 0.05) is 23.3 Å². The number of aliphatic hydroxyl groups excluding tert-OH is 3. The first-order valence-corrected chi connectivity index (χ1v) is 13.5. The van der Waals surface area contributed by atoms with E-state index in [-0.39, 0.29) is 24.0 Å². The highest BCUT2D eigenvalue weighted by Crippen LogP contribution is 2.54. The van der Waals surface area contributed by atoms with E-state index in [1.165, 1.54) is 12.1 Å². The molecule has 4 aliphatic rings. The first kappa shape index (κ1) is 28.7. The van der Waals surface area contributed by atoms with E-state index in [0.717, 1.165) is 0 Å². The molecule has 11 heteroatoms.